The highest BCUT2D eigenvalue weighted by atomic mass is 35.5. The Labute approximate surface area is 117 Å². The van der Waals surface area contributed by atoms with Crippen LogP contribution < -0.4 is 10.2 Å². The summed E-state index contributed by atoms with van der Waals surface area (Å²) in [7, 11) is 1.55. The summed E-state index contributed by atoms with van der Waals surface area (Å²) in [6.45, 7) is 4.25. The zero-order chi connectivity index (χ0) is 14.0. The summed E-state index contributed by atoms with van der Waals surface area (Å²) < 4.78 is 0. The van der Waals surface area contributed by atoms with E-state index in [-0.39, 0.29) is 17.7 Å². The average Bonchev–Trinajstić information content (AvgIpc) is 2.79. The standard InChI is InChI=1S/C14H15ClN2O2/c1-3-9-6-13(18)17(8-9)12-7-10(15)4-5-11(12)14(19)16-2/h3-5,7,9H,1,6,8H2,2H3,(H,16,19). The Morgan fingerprint density at radius 2 is 2.32 bits per heavy atom. The molecule has 5 heteroatoms. The van der Waals surface area contributed by atoms with Gasteiger partial charge in [-0.15, -0.1) is 6.58 Å². The Hall–Kier alpha value is -1.81. The van der Waals surface area contributed by atoms with E-state index in [1.54, 1.807) is 36.2 Å². The van der Waals surface area contributed by atoms with Crippen LogP contribution in [0.1, 0.15) is 16.8 Å². The van der Waals surface area contributed by atoms with Crippen LogP contribution in [0, 0.1) is 5.92 Å². The zero-order valence-electron chi connectivity index (χ0n) is 10.6. The first kappa shape index (κ1) is 13.6. The molecule has 1 fully saturated rings. The van der Waals surface area contributed by atoms with Crippen LogP contribution >= 0.6 is 11.6 Å². The molecule has 1 heterocycles. The van der Waals surface area contributed by atoms with E-state index < -0.39 is 0 Å². The summed E-state index contributed by atoms with van der Waals surface area (Å²) in [6, 6.07) is 4.92. The second kappa shape index (κ2) is 5.45. The molecule has 1 atom stereocenters. The molecule has 19 heavy (non-hydrogen) atoms. The van der Waals surface area contributed by atoms with Gasteiger partial charge < -0.3 is 10.2 Å². The van der Waals surface area contributed by atoms with Gasteiger partial charge in [0, 0.05) is 31.0 Å². The van der Waals surface area contributed by atoms with Crippen LogP contribution in [0.15, 0.2) is 30.9 Å². The molecule has 0 spiro atoms. The fraction of sp³-hybridized carbons (Fsp3) is 0.286. The molecule has 0 bridgehead atoms. The van der Waals surface area contributed by atoms with Gasteiger partial charge in [-0.1, -0.05) is 17.7 Å². The number of nitrogens with one attached hydrogen (secondary N) is 1. The monoisotopic (exact) mass is 278 g/mol. The van der Waals surface area contributed by atoms with Crippen LogP contribution in [-0.4, -0.2) is 25.4 Å². The van der Waals surface area contributed by atoms with Gasteiger partial charge in [0.15, 0.2) is 0 Å². The molecule has 1 saturated heterocycles. The lowest BCUT2D eigenvalue weighted by Crippen LogP contribution is -2.28. The van der Waals surface area contributed by atoms with Crippen molar-refractivity contribution in [2.24, 2.45) is 5.92 Å². The number of hydrogen-bond acceptors (Lipinski definition) is 2. The van der Waals surface area contributed by atoms with Gasteiger partial charge in [-0.2, -0.15) is 0 Å². The van der Waals surface area contributed by atoms with Crippen molar-refractivity contribution in [3.8, 4) is 0 Å². The normalized spacial score (nSPS) is 18.5. The molecule has 1 aliphatic heterocycles. The van der Waals surface area contributed by atoms with Gasteiger partial charge in [-0.05, 0) is 18.2 Å². The van der Waals surface area contributed by atoms with Crippen molar-refractivity contribution in [1.82, 2.24) is 5.32 Å². The first-order chi connectivity index (χ1) is 9.06. The smallest absolute Gasteiger partial charge is 0.253 e. The van der Waals surface area contributed by atoms with E-state index in [9.17, 15) is 9.59 Å². The summed E-state index contributed by atoms with van der Waals surface area (Å²) in [5, 5.41) is 3.06. The molecular weight excluding hydrogens is 264 g/mol. The topological polar surface area (TPSA) is 49.4 Å². The Balaban J connectivity index is 2.43. The number of carbonyl (C=O) groups excluding carboxylic acids is 2. The van der Waals surface area contributed by atoms with Crippen molar-refractivity contribution in [3.63, 3.8) is 0 Å². The van der Waals surface area contributed by atoms with E-state index in [4.69, 9.17) is 11.6 Å². The largest absolute Gasteiger partial charge is 0.355 e. The predicted molar refractivity (Wildman–Crippen MR) is 75.5 cm³/mol. The maximum absolute atomic E-state index is 12.0. The molecule has 0 saturated carbocycles. The molecule has 100 valence electrons. The van der Waals surface area contributed by atoms with Gasteiger partial charge in [-0.3, -0.25) is 9.59 Å². The van der Waals surface area contributed by atoms with E-state index in [0.717, 1.165) is 0 Å². The third-order valence-corrected chi connectivity index (χ3v) is 3.45. The lowest BCUT2D eigenvalue weighted by atomic mass is 10.1. The third-order valence-electron chi connectivity index (χ3n) is 3.21. The predicted octanol–water partition coefficient (Wildman–Crippen LogP) is 2.24. The number of nitrogens with zero attached hydrogens (tertiary/aromatic N) is 1. The van der Waals surface area contributed by atoms with E-state index in [0.29, 0.717) is 29.2 Å². The van der Waals surface area contributed by atoms with Crippen LogP contribution in [-0.2, 0) is 4.79 Å². The van der Waals surface area contributed by atoms with Crippen molar-refractivity contribution in [3.05, 3.63) is 41.4 Å². The summed E-state index contributed by atoms with van der Waals surface area (Å²) >= 11 is 5.97. The first-order valence-corrected chi connectivity index (χ1v) is 6.39. The molecule has 1 N–H and O–H groups in total. The summed E-state index contributed by atoms with van der Waals surface area (Å²) in [5.41, 5.74) is 1.01. The fourth-order valence-corrected chi connectivity index (χ4v) is 2.35. The molecule has 4 nitrogen and oxygen atoms in total. The molecule has 1 unspecified atom stereocenters. The molecule has 1 aliphatic rings. The molecule has 0 aliphatic carbocycles. The highest BCUT2D eigenvalue weighted by molar-refractivity contribution is 6.31. The number of amides is 2. The molecular formula is C14H15ClN2O2. The first-order valence-electron chi connectivity index (χ1n) is 6.01. The fourth-order valence-electron chi connectivity index (χ4n) is 2.18. The van der Waals surface area contributed by atoms with Crippen molar-refractivity contribution in [1.29, 1.82) is 0 Å². The van der Waals surface area contributed by atoms with Gasteiger partial charge in [0.2, 0.25) is 5.91 Å². The van der Waals surface area contributed by atoms with Gasteiger partial charge in [0.05, 0.1) is 11.3 Å². The zero-order valence-corrected chi connectivity index (χ0v) is 11.4. The SMILES string of the molecule is C=CC1CC(=O)N(c2cc(Cl)ccc2C(=O)NC)C1. The van der Waals surface area contributed by atoms with Crippen molar-refractivity contribution >= 4 is 29.1 Å². The van der Waals surface area contributed by atoms with Gasteiger partial charge in [0.25, 0.3) is 5.91 Å². The Morgan fingerprint density at radius 3 is 2.89 bits per heavy atom. The number of carbonyl (C=O) groups is 2. The minimum Gasteiger partial charge on any atom is -0.355 e. The van der Waals surface area contributed by atoms with Crippen LogP contribution in [0.5, 0.6) is 0 Å². The quantitative estimate of drug-likeness (QED) is 0.862. The molecule has 1 aromatic carbocycles. The van der Waals surface area contributed by atoms with Gasteiger partial charge >= 0.3 is 0 Å². The van der Waals surface area contributed by atoms with Crippen LogP contribution in [0.3, 0.4) is 0 Å². The molecule has 0 aromatic heterocycles. The second-order valence-electron chi connectivity index (χ2n) is 4.44. The summed E-state index contributed by atoms with van der Waals surface area (Å²) in [5.74, 6) is -0.136. The lowest BCUT2D eigenvalue weighted by molar-refractivity contribution is -0.117. The molecule has 1 aromatic rings. The maximum atomic E-state index is 12.0. The Kier molecular flexibility index (Phi) is 3.90. The molecule has 2 amide bonds. The summed E-state index contributed by atoms with van der Waals surface area (Å²) in [4.78, 5) is 25.5. The minimum absolute atomic E-state index is 0.0164. The maximum Gasteiger partial charge on any atom is 0.253 e. The number of halogens is 1. The number of anilines is 1. The van der Waals surface area contributed by atoms with Crippen LogP contribution in [0.25, 0.3) is 0 Å². The molecule has 2 rings (SSSR count). The Morgan fingerprint density at radius 1 is 1.58 bits per heavy atom. The number of hydrogen-bond donors (Lipinski definition) is 1. The van der Waals surface area contributed by atoms with Crippen LogP contribution in [0.4, 0.5) is 5.69 Å². The number of rotatable bonds is 3. The van der Waals surface area contributed by atoms with Gasteiger partial charge in [0.1, 0.15) is 0 Å². The van der Waals surface area contributed by atoms with Crippen LogP contribution in [0.2, 0.25) is 5.02 Å². The second-order valence-corrected chi connectivity index (χ2v) is 4.88. The van der Waals surface area contributed by atoms with Crippen molar-refractivity contribution in [2.75, 3.05) is 18.5 Å². The highest BCUT2D eigenvalue weighted by Crippen LogP contribution is 2.30. The van der Waals surface area contributed by atoms with Gasteiger partial charge in [-0.25, -0.2) is 0 Å². The highest BCUT2D eigenvalue weighted by Gasteiger charge is 2.31. The number of benzene rings is 1. The van der Waals surface area contributed by atoms with E-state index in [1.807, 2.05) is 0 Å². The van der Waals surface area contributed by atoms with E-state index >= 15 is 0 Å². The van der Waals surface area contributed by atoms with Crippen molar-refractivity contribution < 1.29 is 9.59 Å². The average molecular weight is 279 g/mol. The molecule has 0 radical (unpaired) electrons. The summed E-state index contributed by atoms with van der Waals surface area (Å²) in [6.07, 6.45) is 2.19. The lowest BCUT2D eigenvalue weighted by Gasteiger charge is -2.19. The van der Waals surface area contributed by atoms with E-state index in [1.165, 1.54) is 0 Å². The van der Waals surface area contributed by atoms with E-state index in [2.05, 4.69) is 11.9 Å². The minimum atomic E-state index is -0.235. The van der Waals surface area contributed by atoms with Crippen molar-refractivity contribution in [2.45, 2.75) is 6.42 Å². The Bertz CT molecular complexity index is 542. The third kappa shape index (κ3) is 2.63.